The van der Waals surface area contributed by atoms with Crippen molar-refractivity contribution in [1.29, 1.82) is 0 Å². The van der Waals surface area contributed by atoms with Crippen LogP contribution in [-0.2, 0) is 6.61 Å². The van der Waals surface area contributed by atoms with Crippen molar-refractivity contribution in [1.82, 2.24) is 20.8 Å². The lowest BCUT2D eigenvalue weighted by Gasteiger charge is -2.09. The molecule has 0 saturated heterocycles. The molecule has 0 atom stereocenters. The van der Waals surface area contributed by atoms with Crippen LogP contribution < -0.4 is 15.6 Å². The number of pyridine rings is 2. The maximum atomic E-state index is 12.1. The Hall–Kier alpha value is -3.74. The van der Waals surface area contributed by atoms with Gasteiger partial charge in [0.2, 0.25) is 0 Å². The number of carbonyl (C=O) groups excluding carboxylic acids is 2. The van der Waals surface area contributed by atoms with Crippen LogP contribution in [0.25, 0.3) is 0 Å². The van der Waals surface area contributed by atoms with Crippen molar-refractivity contribution in [3.63, 3.8) is 0 Å². The second-order valence-electron chi connectivity index (χ2n) is 5.32. The van der Waals surface area contributed by atoms with E-state index in [2.05, 4.69) is 20.8 Å². The van der Waals surface area contributed by atoms with Gasteiger partial charge in [0.05, 0.1) is 5.56 Å². The van der Waals surface area contributed by atoms with Crippen LogP contribution in [0.3, 0.4) is 0 Å². The molecule has 0 radical (unpaired) electrons. The van der Waals surface area contributed by atoms with E-state index in [1.165, 1.54) is 6.20 Å². The summed E-state index contributed by atoms with van der Waals surface area (Å²) in [5.41, 5.74) is 6.40. The first-order chi connectivity index (χ1) is 12.7. The molecule has 7 nitrogen and oxygen atoms in total. The van der Waals surface area contributed by atoms with Crippen molar-refractivity contribution < 1.29 is 14.3 Å². The minimum absolute atomic E-state index is 0.354. The smallest absolute Gasteiger partial charge is 0.271 e. The first-order valence-corrected chi connectivity index (χ1v) is 7.85. The number of hydrogen-bond acceptors (Lipinski definition) is 5. The molecule has 26 heavy (non-hydrogen) atoms. The third-order valence-electron chi connectivity index (χ3n) is 3.46. The van der Waals surface area contributed by atoms with Gasteiger partial charge in [-0.3, -0.25) is 30.4 Å². The van der Waals surface area contributed by atoms with Crippen molar-refractivity contribution >= 4 is 11.8 Å². The van der Waals surface area contributed by atoms with E-state index >= 15 is 0 Å². The Bertz CT molecular complexity index is 868. The van der Waals surface area contributed by atoms with Gasteiger partial charge in [0.25, 0.3) is 11.8 Å². The van der Waals surface area contributed by atoms with Crippen molar-refractivity contribution in [2.45, 2.75) is 6.61 Å². The van der Waals surface area contributed by atoms with Crippen LogP contribution in [0, 0.1) is 0 Å². The quantitative estimate of drug-likeness (QED) is 0.689. The zero-order valence-corrected chi connectivity index (χ0v) is 13.8. The van der Waals surface area contributed by atoms with Crippen LogP contribution in [0.1, 0.15) is 26.3 Å². The van der Waals surface area contributed by atoms with E-state index in [4.69, 9.17) is 4.74 Å². The number of nitrogens with zero attached hydrogens (tertiary/aromatic N) is 2. The van der Waals surface area contributed by atoms with Gasteiger partial charge in [-0.25, -0.2) is 0 Å². The highest BCUT2D eigenvalue weighted by Gasteiger charge is 2.09. The molecule has 0 bridgehead atoms. The number of benzene rings is 1. The van der Waals surface area contributed by atoms with E-state index in [0.29, 0.717) is 23.5 Å². The topological polar surface area (TPSA) is 93.2 Å². The summed E-state index contributed by atoms with van der Waals surface area (Å²) >= 11 is 0. The van der Waals surface area contributed by atoms with Gasteiger partial charge in [-0.05, 0) is 42.5 Å². The van der Waals surface area contributed by atoms with Gasteiger partial charge in [0, 0.05) is 35.9 Å². The molecule has 0 spiro atoms. The Labute approximate surface area is 150 Å². The number of carbonyl (C=O) groups is 2. The predicted molar refractivity (Wildman–Crippen MR) is 94.2 cm³/mol. The van der Waals surface area contributed by atoms with Crippen LogP contribution in [0.2, 0.25) is 0 Å². The minimum atomic E-state index is -0.442. The maximum Gasteiger partial charge on any atom is 0.271 e. The first-order valence-electron chi connectivity index (χ1n) is 7.85. The average Bonchev–Trinajstić information content (AvgIpc) is 2.72. The standard InChI is InChI=1S/C19H16N4O3/c24-18(22-23-19(25)16-4-2-10-21-12-16)15-5-7-17(8-6-15)26-13-14-3-1-9-20-11-14/h1-12H,13H2,(H,22,24)(H,23,25). The van der Waals surface area contributed by atoms with Crippen LogP contribution >= 0.6 is 0 Å². The van der Waals surface area contributed by atoms with E-state index in [1.54, 1.807) is 55.0 Å². The lowest BCUT2D eigenvalue weighted by atomic mass is 10.2. The molecule has 130 valence electrons. The number of ether oxygens (including phenoxy) is 1. The fourth-order valence-corrected chi connectivity index (χ4v) is 2.11. The van der Waals surface area contributed by atoms with Gasteiger partial charge in [0.15, 0.2) is 0 Å². The summed E-state index contributed by atoms with van der Waals surface area (Å²) in [5, 5.41) is 0. The van der Waals surface area contributed by atoms with Crippen LogP contribution in [-0.4, -0.2) is 21.8 Å². The summed E-state index contributed by atoms with van der Waals surface area (Å²) in [4.78, 5) is 31.8. The summed E-state index contributed by atoms with van der Waals surface area (Å²) in [5.74, 6) is -0.242. The SMILES string of the molecule is O=C(NNC(=O)c1cccnc1)c1ccc(OCc2cccnc2)cc1. The molecule has 2 heterocycles. The Morgan fingerprint density at radius 2 is 1.46 bits per heavy atom. The Balaban J connectivity index is 1.51. The van der Waals surface area contributed by atoms with Crippen LogP contribution in [0.5, 0.6) is 5.75 Å². The van der Waals surface area contributed by atoms with Gasteiger partial charge < -0.3 is 4.74 Å². The molecule has 3 rings (SSSR count). The van der Waals surface area contributed by atoms with Crippen LogP contribution in [0.15, 0.2) is 73.3 Å². The Morgan fingerprint density at radius 3 is 2.08 bits per heavy atom. The number of amides is 2. The number of hydrogen-bond donors (Lipinski definition) is 2. The average molecular weight is 348 g/mol. The molecular weight excluding hydrogens is 332 g/mol. The molecular formula is C19H16N4O3. The summed E-state index contributed by atoms with van der Waals surface area (Å²) in [7, 11) is 0. The normalized spacial score (nSPS) is 10.0. The number of aromatic nitrogens is 2. The molecule has 0 saturated carbocycles. The molecule has 0 aliphatic rings. The molecule has 0 aliphatic heterocycles. The molecule has 0 fully saturated rings. The van der Waals surface area contributed by atoms with Crippen molar-refractivity contribution in [2.75, 3.05) is 0 Å². The zero-order valence-electron chi connectivity index (χ0n) is 13.8. The lowest BCUT2D eigenvalue weighted by Crippen LogP contribution is -2.41. The summed E-state index contributed by atoms with van der Waals surface area (Å²) < 4.78 is 5.63. The van der Waals surface area contributed by atoms with Gasteiger partial charge >= 0.3 is 0 Å². The molecule has 2 aromatic heterocycles. The lowest BCUT2D eigenvalue weighted by molar-refractivity contribution is 0.0846. The zero-order chi connectivity index (χ0) is 18.2. The third-order valence-corrected chi connectivity index (χ3v) is 3.46. The molecule has 2 N–H and O–H groups in total. The van der Waals surface area contributed by atoms with Gasteiger partial charge in [-0.2, -0.15) is 0 Å². The predicted octanol–water partition coefficient (Wildman–Crippen LogP) is 2.13. The first kappa shape index (κ1) is 17.1. The van der Waals surface area contributed by atoms with Crippen LogP contribution in [0.4, 0.5) is 0 Å². The molecule has 7 heteroatoms. The highest BCUT2D eigenvalue weighted by Crippen LogP contribution is 2.14. The van der Waals surface area contributed by atoms with E-state index in [0.717, 1.165) is 5.56 Å². The number of rotatable bonds is 5. The summed E-state index contributed by atoms with van der Waals surface area (Å²) in [6.07, 6.45) is 6.40. The summed E-state index contributed by atoms with van der Waals surface area (Å²) in [6.45, 7) is 0.389. The Morgan fingerprint density at radius 1 is 0.808 bits per heavy atom. The van der Waals surface area contributed by atoms with E-state index < -0.39 is 11.8 Å². The monoisotopic (exact) mass is 348 g/mol. The third kappa shape index (κ3) is 4.64. The van der Waals surface area contributed by atoms with E-state index in [1.807, 2.05) is 12.1 Å². The molecule has 0 aliphatic carbocycles. The largest absolute Gasteiger partial charge is 0.489 e. The highest BCUT2D eigenvalue weighted by molar-refractivity contribution is 5.98. The summed E-state index contributed by atoms with van der Waals surface area (Å²) in [6, 6.07) is 13.6. The second-order valence-corrected chi connectivity index (χ2v) is 5.32. The van der Waals surface area contributed by atoms with Crippen molar-refractivity contribution in [2.24, 2.45) is 0 Å². The number of hydrazine groups is 1. The molecule has 3 aromatic rings. The van der Waals surface area contributed by atoms with E-state index in [9.17, 15) is 9.59 Å². The maximum absolute atomic E-state index is 12.1. The minimum Gasteiger partial charge on any atom is -0.489 e. The molecule has 2 amide bonds. The van der Waals surface area contributed by atoms with E-state index in [-0.39, 0.29) is 0 Å². The van der Waals surface area contributed by atoms with Crippen molar-refractivity contribution in [3.05, 3.63) is 90.0 Å². The fourth-order valence-electron chi connectivity index (χ4n) is 2.11. The fraction of sp³-hybridized carbons (Fsp3) is 0.0526. The van der Waals surface area contributed by atoms with Crippen molar-refractivity contribution in [3.8, 4) is 5.75 Å². The number of nitrogens with one attached hydrogen (secondary N) is 2. The molecule has 1 aromatic carbocycles. The van der Waals surface area contributed by atoms with Gasteiger partial charge in [-0.1, -0.05) is 6.07 Å². The van der Waals surface area contributed by atoms with Gasteiger partial charge in [0.1, 0.15) is 12.4 Å². The second kappa shape index (κ2) is 8.39. The van der Waals surface area contributed by atoms with Gasteiger partial charge in [-0.15, -0.1) is 0 Å². The Kier molecular flexibility index (Phi) is 5.51. The molecule has 0 unspecified atom stereocenters. The highest BCUT2D eigenvalue weighted by atomic mass is 16.5.